The Morgan fingerprint density at radius 1 is 1.14 bits per heavy atom. The van der Waals surface area contributed by atoms with Crippen LogP contribution in [-0.4, -0.2) is 85.7 Å². The first kappa shape index (κ1) is 20.6. The van der Waals surface area contributed by atoms with Crippen molar-refractivity contribution >= 4 is 17.6 Å². The van der Waals surface area contributed by atoms with Gasteiger partial charge < -0.3 is 19.9 Å². The van der Waals surface area contributed by atoms with Crippen LogP contribution in [0.25, 0.3) is 0 Å². The fourth-order valence-electron chi connectivity index (χ4n) is 4.13. The van der Waals surface area contributed by atoms with Gasteiger partial charge in [-0.05, 0) is 37.8 Å². The van der Waals surface area contributed by atoms with Gasteiger partial charge >= 0.3 is 6.03 Å². The molecule has 1 aromatic carbocycles. The Bertz CT molecular complexity index is 689. The minimum absolute atomic E-state index is 0.0567. The number of carbonyl (C=O) groups excluding carboxylic acids is 2. The number of aryl methyl sites for hydroxylation is 2. The second-order valence-corrected chi connectivity index (χ2v) is 7.70. The van der Waals surface area contributed by atoms with Crippen molar-refractivity contribution in [3.05, 3.63) is 29.3 Å². The molecule has 3 amide bonds. The highest BCUT2D eigenvalue weighted by Crippen LogP contribution is 2.22. The van der Waals surface area contributed by atoms with E-state index in [1.54, 1.807) is 7.11 Å². The Hall–Kier alpha value is -2.12. The molecule has 1 aromatic rings. The van der Waals surface area contributed by atoms with E-state index >= 15 is 0 Å². The lowest BCUT2D eigenvalue weighted by Crippen LogP contribution is -2.44. The smallest absolute Gasteiger partial charge is 0.321 e. The summed E-state index contributed by atoms with van der Waals surface area (Å²) in [7, 11) is 1.66. The molecule has 7 heteroatoms. The van der Waals surface area contributed by atoms with Crippen molar-refractivity contribution in [2.75, 3.05) is 58.3 Å². The number of hydrogen-bond acceptors (Lipinski definition) is 4. The summed E-state index contributed by atoms with van der Waals surface area (Å²) in [4.78, 5) is 31.5. The highest BCUT2D eigenvalue weighted by Gasteiger charge is 2.36. The molecule has 1 atom stereocenters. The number of ether oxygens (including phenoxy) is 1. The molecule has 0 saturated carbocycles. The molecule has 0 unspecified atom stereocenters. The lowest BCUT2D eigenvalue weighted by Gasteiger charge is -2.27. The molecule has 28 heavy (non-hydrogen) atoms. The zero-order valence-electron chi connectivity index (χ0n) is 17.2. The molecule has 1 N–H and O–H groups in total. The summed E-state index contributed by atoms with van der Waals surface area (Å²) in [5, 5.41) is 3.08. The van der Waals surface area contributed by atoms with Gasteiger partial charge in [0.25, 0.3) is 0 Å². The van der Waals surface area contributed by atoms with Gasteiger partial charge in [-0.25, -0.2) is 4.79 Å². The van der Waals surface area contributed by atoms with E-state index in [1.165, 1.54) is 0 Å². The first-order valence-corrected chi connectivity index (χ1v) is 10.1. The molecular formula is C21H32N4O3. The SMILES string of the molecule is COCCN1CC[C@@H](N2CCCN(C(=O)Nc3c(C)cccc3C)CC2)C1=O. The normalized spacial score (nSPS) is 21.1. The van der Waals surface area contributed by atoms with Crippen molar-refractivity contribution in [1.29, 1.82) is 0 Å². The Balaban J connectivity index is 1.56. The largest absolute Gasteiger partial charge is 0.383 e. The van der Waals surface area contributed by atoms with E-state index in [0.717, 1.165) is 49.3 Å². The number of urea groups is 1. The lowest BCUT2D eigenvalue weighted by atomic mass is 10.1. The average molecular weight is 389 g/mol. The quantitative estimate of drug-likeness (QED) is 0.839. The maximum atomic E-state index is 12.8. The maximum absolute atomic E-state index is 12.8. The summed E-state index contributed by atoms with van der Waals surface area (Å²) in [6, 6.07) is 5.90. The number of anilines is 1. The zero-order chi connectivity index (χ0) is 20.1. The summed E-state index contributed by atoms with van der Waals surface area (Å²) >= 11 is 0. The first-order valence-electron chi connectivity index (χ1n) is 10.1. The van der Waals surface area contributed by atoms with Crippen LogP contribution in [0, 0.1) is 13.8 Å². The van der Waals surface area contributed by atoms with Crippen molar-refractivity contribution < 1.29 is 14.3 Å². The number of rotatable bonds is 5. The molecule has 2 fully saturated rings. The summed E-state index contributed by atoms with van der Waals surface area (Å²) in [6.45, 7) is 8.97. The number of nitrogens with one attached hydrogen (secondary N) is 1. The molecule has 0 aliphatic carbocycles. The first-order chi connectivity index (χ1) is 13.5. The molecule has 2 aliphatic heterocycles. The van der Waals surface area contributed by atoms with Gasteiger partial charge in [-0.2, -0.15) is 0 Å². The second-order valence-electron chi connectivity index (χ2n) is 7.70. The summed E-state index contributed by atoms with van der Waals surface area (Å²) < 4.78 is 5.10. The van der Waals surface area contributed by atoms with E-state index in [0.29, 0.717) is 26.2 Å². The van der Waals surface area contributed by atoms with Crippen molar-refractivity contribution in [3.8, 4) is 0 Å². The van der Waals surface area contributed by atoms with Gasteiger partial charge in [-0.15, -0.1) is 0 Å². The third kappa shape index (κ3) is 4.64. The van der Waals surface area contributed by atoms with Gasteiger partial charge in [-0.1, -0.05) is 18.2 Å². The van der Waals surface area contributed by atoms with Gasteiger partial charge in [0.1, 0.15) is 0 Å². The summed E-state index contributed by atoms with van der Waals surface area (Å²) in [6.07, 6.45) is 1.74. The Morgan fingerprint density at radius 2 is 1.89 bits per heavy atom. The molecule has 2 saturated heterocycles. The van der Waals surface area contributed by atoms with Gasteiger partial charge in [0.15, 0.2) is 0 Å². The molecule has 2 heterocycles. The van der Waals surface area contributed by atoms with E-state index in [9.17, 15) is 9.59 Å². The van der Waals surface area contributed by atoms with E-state index in [-0.39, 0.29) is 18.0 Å². The van der Waals surface area contributed by atoms with Crippen molar-refractivity contribution in [2.24, 2.45) is 0 Å². The number of hydrogen-bond donors (Lipinski definition) is 1. The van der Waals surface area contributed by atoms with Crippen molar-refractivity contribution in [2.45, 2.75) is 32.7 Å². The number of amides is 3. The minimum Gasteiger partial charge on any atom is -0.383 e. The fourth-order valence-corrected chi connectivity index (χ4v) is 4.13. The Morgan fingerprint density at radius 3 is 2.61 bits per heavy atom. The average Bonchev–Trinajstić information content (AvgIpc) is 2.89. The molecular weight excluding hydrogens is 356 g/mol. The van der Waals surface area contributed by atoms with Crippen LogP contribution >= 0.6 is 0 Å². The third-order valence-corrected chi connectivity index (χ3v) is 5.81. The molecule has 3 rings (SSSR count). The molecule has 0 bridgehead atoms. The van der Waals surface area contributed by atoms with Crippen LogP contribution in [0.5, 0.6) is 0 Å². The summed E-state index contributed by atoms with van der Waals surface area (Å²) in [5.41, 5.74) is 3.03. The number of methoxy groups -OCH3 is 1. The predicted molar refractivity (Wildman–Crippen MR) is 110 cm³/mol. The second kappa shape index (κ2) is 9.39. The predicted octanol–water partition coefficient (Wildman–Crippen LogP) is 2.09. The van der Waals surface area contributed by atoms with Crippen LogP contribution in [0.2, 0.25) is 0 Å². The number of likely N-dealkylation sites (tertiary alicyclic amines) is 1. The van der Waals surface area contributed by atoms with E-state index in [4.69, 9.17) is 4.74 Å². The lowest BCUT2D eigenvalue weighted by molar-refractivity contribution is -0.132. The van der Waals surface area contributed by atoms with Gasteiger partial charge in [-0.3, -0.25) is 9.69 Å². The highest BCUT2D eigenvalue weighted by molar-refractivity contribution is 5.91. The van der Waals surface area contributed by atoms with Crippen LogP contribution in [0.3, 0.4) is 0 Å². The highest BCUT2D eigenvalue weighted by atomic mass is 16.5. The number of nitrogens with zero attached hydrogens (tertiary/aromatic N) is 3. The van der Waals surface area contributed by atoms with Gasteiger partial charge in [0.05, 0.1) is 12.6 Å². The van der Waals surface area contributed by atoms with Crippen LogP contribution < -0.4 is 5.32 Å². The molecule has 0 aromatic heterocycles. The van der Waals surface area contributed by atoms with E-state index < -0.39 is 0 Å². The molecule has 0 radical (unpaired) electrons. The monoisotopic (exact) mass is 388 g/mol. The molecule has 2 aliphatic rings. The standard InChI is InChI=1S/C21H32N4O3/c1-16-6-4-7-17(2)19(16)22-21(27)25-10-5-9-23(12-13-25)18-8-11-24(20(18)26)14-15-28-3/h4,6-7,18H,5,8-15H2,1-3H3,(H,22,27)/t18-/m1/s1. The summed E-state index contributed by atoms with van der Waals surface area (Å²) in [5.74, 6) is 0.200. The fraction of sp³-hybridized carbons (Fsp3) is 0.619. The number of para-hydroxylation sites is 1. The Kier molecular flexibility index (Phi) is 6.91. The maximum Gasteiger partial charge on any atom is 0.321 e. The van der Waals surface area contributed by atoms with Gasteiger partial charge in [0.2, 0.25) is 5.91 Å². The van der Waals surface area contributed by atoms with Crippen LogP contribution in [0.15, 0.2) is 18.2 Å². The van der Waals surface area contributed by atoms with E-state index in [2.05, 4.69) is 10.2 Å². The zero-order valence-corrected chi connectivity index (χ0v) is 17.2. The van der Waals surface area contributed by atoms with Crippen LogP contribution in [0.1, 0.15) is 24.0 Å². The van der Waals surface area contributed by atoms with E-state index in [1.807, 2.05) is 41.8 Å². The molecule has 0 spiro atoms. The number of benzene rings is 1. The minimum atomic E-state index is -0.0570. The van der Waals surface area contributed by atoms with Crippen molar-refractivity contribution in [1.82, 2.24) is 14.7 Å². The van der Waals surface area contributed by atoms with Crippen LogP contribution in [-0.2, 0) is 9.53 Å². The van der Waals surface area contributed by atoms with Gasteiger partial charge in [0, 0.05) is 52.1 Å². The molecule has 154 valence electrons. The van der Waals surface area contributed by atoms with Crippen LogP contribution in [0.4, 0.5) is 10.5 Å². The molecule has 7 nitrogen and oxygen atoms in total. The topological polar surface area (TPSA) is 65.1 Å². The number of carbonyl (C=O) groups is 2. The van der Waals surface area contributed by atoms with Crippen molar-refractivity contribution in [3.63, 3.8) is 0 Å². The third-order valence-electron chi connectivity index (χ3n) is 5.81. The Labute approximate surface area is 167 Å².